The molecule has 0 saturated carbocycles. The quantitative estimate of drug-likeness (QED) is 0.304. The number of sulfone groups is 1. The Bertz CT molecular complexity index is 1360. The molecule has 0 unspecified atom stereocenters. The van der Waals surface area contributed by atoms with Gasteiger partial charge in [-0.2, -0.15) is 4.99 Å². The van der Waals surface area contributed by atoms with E-state index in [-0.39, 0.29) is 28.3 Å². The van der Waals surface area contributed by atoms with Crippen molar-refractivity contribution in [2.75, 3.05) is 12.9 Å². The number of nitrogens with zero attached hydrogens (tertiary/aromatic N) is 3. The van der Waals surface area contributed by atoms with E-state index in [1.165, 1.54) is 48.1 Å². The summed E-state index contributed by atoms with van der Waals surface area (Å²) in [7, 11) is -2.21. The van der Waals surface area contributed by atoms with Crippen LogP contribution in [0.5, 0.6) is 5.75 Å². The largest absolute Gasteiger partial charge is 0.497 e. The molecule has 1 aromatic heterocycles. The molecular weight excluding hydrogens is 442 g/mol. The van der Waals surface area contributed by atoms with Crippen LogP contribution in [0.2, 0.25) is 0 Å². The van der Waals surface area contributed by atoms with Gasteiger partial charge in [0.2, 0.25) is 5.91 Å². The maximum Gasteiger partial charge on any atom is 0.271 e. The number of hydrogen-bond donors (Lipinski definition) is 0. The molecule has 31 heavy (non-hydrogen) atoms. The highest BCUT2D eigenvalue weighted by Gasteiger charge is 2.17. The Kier molecular flexibility index (Phi) is 6.53. The molecule has 0 aliphatic carbocycles. The Morgan fingerprint density at radius 3 is 2.61 bits per heavy atom. The SMILES string of the molecule is C#CCn1c(=NC(=O)CCS(=O)(=O)c2ccc(OC)cc2)sc2ccc([N+](=O)[O-])cc21. The van der Waals surface area contributed by atoms with Crippen molar-refractivity contribution in [2.45, 2.75) is 17.9 Å². The molecule has 0 atom stereocenters. The Labute approximate surface area is 181 Å². The third-order valence-corrected chi connectivity index (χ3v) is 7.14. The fraction of sp³-hybridized carbons (Fsp3) is 0.200. The zero-order chi connectivity index (χ0) is 22.6. The van der Waals surface area contributed by atoms with Crippen LogP contribution >= 0.6 is 11.3 Å². The van der Waals surface area contributed by atoms with E-state index in [0.29, 0.717) is 16.0 Å². The summed E-state index contributed by atoms with van der Waals surface area (Å²) in [6.07, 6.45) is 5.07. The number of amides is 1. The van der Waals surface area contributed by atoms with E-state index in [2.05, 4.69) is 10.9 Å². The molecule has 0 fully saturated rings. The second kappa shape index (κ2) is 9.11. The fourth-order valence-electron chi connectivity index (χ4n) is 2.79. The van der Waals surface area contributed by atoms with Gasteiger partial charge in [0.25, 0.3) is 5.69 Å². The number of aromatic nitrogens is 1. The summed E-state index contributed by atoms with van der Waals surface area (Å²) in [5.74, 6) is 1.91. The standard InChI is InChI=1S/C20H17N3O6S2/c1-3-11-22-17-13-14(23(25)26)4-9-18(17)30-20(22)21-19(24)10-12-31(27,28)16-7-5-15(29-2)6-8-16/h1,4-9,13H,10-12H2,2H3. The summed E-state index contributed by atoms with van der Waals surface area (Å²) >= 11 is 1.14. The second-order valence-electron chi connectivity index (χ2n) is 6.33. The smallest absolute Gasteiger partial charge is 0.271 e. The van der Waals surface area contributed by atoms with Crippen LogP contribution in [0.4, 0.5) is 5.69 Å². The first-order valence-corrected chi connectivity index (χ1v) is 11.4. The minimum Gasteiger partial charge on any atom is -0.497 e. The molecule has 0 aliphatic heterocycles. The number of terminal acetylenes is 1. The normalized spacial score (nSPS) is 11.9. The van der Waals surface area contributed by atoms with Crippen LogP contribution in [-0.2, 0) is 21.2 Å². The molecule has 0 bridgehead atoms. The number of carbonyl (C=O) groups excluding carboxylic acids is 1. The van der Waals surface area contributed by atoms with Crippen LogP contribution in [0.15, 0.2) is 52.4 Å². The third kappa shape index (κ3) is 4.99. The van der Waals surface area contributed by atoms with E-state index < -0.39 is 26.4 Å². The van der Waals surface area contributed by atoms with Crippen molar-refractivity contribution in [1.29, 1.82) is 0 Å². The first kappa shape index (κ1) is 22.2. The molecule has 0 saturated heterocycles. The van der Waals surface area contributed by atoms with Gasteiger partial charge >= 0.3 is 0 Å². The van der Waals surface area contributed by atoms with E-state index in [9.17, 15) is 23.3 Å². The van der Waals surface area contributed by atoms with Crippen LogP contribution in [0, 0.1) is 22.5 Å². The van der Waals surface area contributed by atoms with Crippen molar-refractivity contribution in [3.8, 4) is 18.1 Å². The number of rotatable bonds is 7. The number of methoxy groups -OCH3 is 1. The number of thiazole rings is 1. The first-order chi connectivity index (χ1) is 14.7. The van der Waals surface area contributed by atoms with E-state index >= 15 is 0 Å². The molecule has 160 valence electrons. The van der Waals surface area contributed by atoms with Gasteiger partial charge in [0.15, 0.2) is 14.6 Å². The summed E-state index contributed by atoms with van der Waals surface area (Å²) in [5, 5.41) is 11.0. The summed E-state index contributed by atoms with van der Waals surface area (Å²) < 4.78 is 32.1. The number of benzene rings is 2. The van der Waals surface area contributed by atoms with Gasteiger partial charge < -0.3 is 9.30 Å². The second-order valence-corrected chi connectivity index (χ2v) is 9.45. The van der Waals surface area contributed by atoms with Gasteiger partial charge in [-0.25, -0.2) is 8.42 Å². The minimum absolute atomic E-state index is 0.0530. The molecule has 11 heteroatoms. The van der Waals surface area contributed by atoms with E-state index in [1.54, 1.807) is 6.07 Å². The molecule has 9 nitrogen and oxygen atoms in total. The Hall–Kier alpha value is -3.49. The van der Waals surface area contributed by atoms with Gasteiger partial charge in [-0.1, -0.05) is 17.3 Å². The highest BCUT2D eigenvalue weighted by molar-refractivity contribution is 7.91. The van der Waals surface area contributed by atoms with Crippen molar-refractivity contribution in [1.82, 2.24) is 4.57 Å². The number of carbonyl (C=O) groups is 1. The number of nitro benzene ring substituents is 1. The van der Waals surface area contributed by atoms with Gasteiger partial charge in [-0.3, -0.25) is 14.9 Å². The van der Waals surface area contributed by atoms with Crippen LogP contribution in [0.1, 0.15) is 6.42 Å². The zero-order valence-electron chi connectivity index (χ0n) is 16.3. The molecule has 1 amide bonds. The van der Waals surface area contributed by atoms with Crippen molar-refractivity contribution >= 4 is 43.0 Å². The topological polar surface area (TPSA) is 121 Å². The summed E-state index contributed by atoms with van der Waals surface area (Å²) in [5.41, 5.74) is 0.370. The van der Waals surface area contributed by atoms with Crippen LogP contribution < -0.4 is 9.54 Å². The van der Waals surface area contributed by atoms with E-state index in [4.69, 9.17) is 11.2 Å². The number of fused-ring (bicyclic) bond motifs is 1. The predicted molar refractivity (Wildman–Crippen MR) is 116 cm³/mol. The summed E-state index contributed by atoms with van der Waals surface area (Å²) in [6.45, 7) is 0.0530. The third-order valence-electron chi connectivity index (χ3n) is 4.35. The maximum atomic E-state index is 12.5. The number of ether oxygens (including phenoxy) is 1. The Morgan fingerprint density at radius 1 is 1.29 bits per heavy atom. The maximum absolute atomic E-state index is 12.5. The number of hydrogen-bond acceptors (Lipinski definition) is 7. The van der Waals surface area contributed by atoms with Crippen LogP contribution in [0.25, 0.3) is 10.2 Å². The molecule has 0 N–H and O–H groups in total. The fourth-order valence-corrected chi connectivity index (χ4v) is 5.04. The predicted octanol–water partition coefficient (Wildman–Crippen LogP) is 2.54. The van der Waals surface area contributed by atoms with Crippen molar-refractivity contribution in [3.05, 3.63) is 57.4 Å². The summed E-state index contributed by atoms with van der Waals surface area (Å²) in [4.78, 5) is 27.2. The van der Waals surface area contributed by atoms with E-state index in [1.807, 2.05) is 0 Å². The molecule has 0 spiro atoms. The van der Waals surface area contributed by atoms with Crippen molar-refractivity contribution in [2.24, 2.45) is 4.99 Å². The average Bonchev–Trinajstić information content (AvgIpc) is 3.09. The monoisotopic (exact) mass is 459 g/mol. The van der Waals surface area contributed by atoms with E-state index in [0.717, 1.165) is 11.3 Å². The highest BCUT2D eigenvalue weighted by Crippen LogP contribution is 2.23. The van der Waals surface area contributed by atoms with Gasteiger partial charge in [-0.05, 0) is 30.3 Å². The molecule has 3 aromatic rings. The summed E-state index contributed by atoms with van der Waals surface area (Å²) in [6, 6.07) is 10.1. The van der Waals surface area contributed by atoms with Crippen molar-refractivity contribution in [3.63, 3.8) is 0 Å². The van der Waals surface area contributed by atoms with Crippen LogP contribution in [0.3, 0.4) is 0 Å². The Balaban J connectivity index is 1.86. The lowest BCUT2D eigenvalue weighted by Gasteiger charge is -2.04. The highest BCUT2D eigenvalue weighted by atomic mass is 32.2. The number of nitro groups is 1. The van der Waals surface area contributed by atoms with Gasteiger partial charge in [0, 0.05) is 18.6 Å². The molecule has 1 heterocycles. The lowest BCUT2D eigenvalue weighted by atomic mass is 10.3. The molecule has 0 aliphatic rings. The van der Waals surface area contributed by atoms with Gasteiger partial charge in [0.1, 0.15) is 5.75 Å². The van der Waals surface area contributed by atoms with Crippen LogP contribution in [-0.4, -0.2) is 36.7 Å². The average molecular weight is 460 g/mol. The number of non-ortho nitro benzene ring substituents is 1. The molecular formula is C20H17N3O6S2. The molecule has 2 aromatic carbocycles. The zero-order valence-corrected chi connectivity index (χ0v) is 18.0. The lowest BCUT2D eigenvalue weighted by Crippen LogP contribution is -2.18. The minimum atomic E-state index is -3.68. The molecule has 3 rings (SSSR count). The Morgan fingerprint density at radius 2 is 2.00 bits per heavy atom. The molecule has 0 radical (unpaired) electrons. The van der Waals surface area contributed by atoms with Gasteiger partial charge in [0.05, 0.1) is 39.4 Å². The van der Waals surface area contributed by atoms with Gasteiger partial charge in [-0.15, -0.1) is 6.42 Å². The lowest BCUT2D eigenvalue weighted by molar-refractivity contribution is -0.384. The first-order valence-electron chi connectivity index (χ1n) is 8.91. The van der Waals surface area contributed by atoms with Crippen molar-refractivity contribution < 1.29 is 22.9 Å².